The van der Waals surface area contributed by atoms with Gasteiger partial charge in [0.15, 0.2) is 0 Å². The standard InChI is InChI=1S/C29H44N2O4/c1-19-7-10-27(34-6)26(15-19)31-13-11-30(12-14-31)18-21(3)24-9-8-22(4)29(33)17-28(35-23(5)32)20(2)16-25(24)29/h7,10,15-16,21-22,24-25,28,33H,8-9,11-14,17-18H2,1-6H3/t21-,22-,24+,25-,28-,29-/m1/s1. The molecule has 1 heterocycles. The molecule has 0 amide bonds. The number of benzene rings is 1. The van der Waals surface area contributed by atoms with Crippen LogP contribution in [0.5, 0.6) is 5.75 Å². The number of anilines is 1. The Morgan fingerprint density at radius 3 is 2.57 bits per heavy atom. The number of methoxy groups -OCH3 is 1. The normalized spacial score (nSPS) is 32.4. The average Bonchev–Trinajstić information content (AvgIpc) is 2.81. The SMILES string of the molecule is COc1ccc(C)cc1N1CCN(C[C@@H](C)[C@@H]2CC[C@@H](C)[C@]3(O)C[C@@H](OC(C)=O)C(C)=C[C@H]23)CC1. The van der Waals surface area contributed by atoms with Gasteiger partial charge in [-0.05, 0) is 67.7 Å². The lowest BCUT2D eigenvalue weighted by Crippen LogP contribution is -2.56. The van der Waals surface area contributed by atoms with Gasteiger partial charge in [0.05, 0.1) is 18.4 Å². The summed E-state index contributed by atoms with van der Waals surface area (Å²) < 4.78 is 11.2. The summed E-state index contributed by atoms with van der Waals surface area (Å²) in [7, 11) is 1.74. The van der Waals surface area contributed by atoms with Gasteiger partial charge >= 0.3 is 5.97 Å². The molecule has 3 aliphatic rings. The molecule has 0 radical (unpaired) electrons. The maximum absolute atomic E-state index is 11.9. The van der Waals surface area contributed by atoms with Crippen LogP contribution in [0.15, 0.2) is 29.8 Å². The second-order valence-corrected chi connectivity index (χ2v) is 11.3. The van der Waals surface area contributed by atoms with E-state index < -0.39 is 5.60 Å². The Morgan fingerprint density at radius 1 is 1.20 bits per heavy atom. The van der Waals surface area contributed by atoms with Crippen molar-refractivity contribution in [2.75, 3.05) is 44.7 Å². The maximum atomic E-state index is 11.9. The van der Waals surface area contributed by atoms with E-state index in [2.05, 4.69) is 54.8 Å². The van der Waals surface area contributed by atoms with Crippen LogP contribution in [0.1, 0.15) is 52.5 Å². The number of fused-ring (bicyclic) bond motifs is 1. The van der Waals surface area contributed by atoms with Gasteiger partial charge in [0.25, 0.3) is 0 Å². The van der Waals surface area contributed by atoms with Crippen LogP contribution in [0.4, 0.5) is 5.69 Å². The van der Waals surface area contributed by atoms with Crippen LogP contribution < -0.4 is 9.64 Å². The fraction of sp³-hybridized carbons (Fsp3) is 0.690. The van der Waals surface area contributed by atoms with Crippen LogP contribution in [-0.4, -0.2) is 67.5 Å². The summed E-state index contributed by atoms with van der Waals surface area (Å²) in [4.78, 5) is 16.6. The lowest BCUT2D eigenvalue weighted by molar-refractivity contribution is -0.159. The molecule has 1 aromatic rings. The van der Waals surface area contributed by atoms with Crippen molar-refractivity contribution >= 4 is 11.7 Å². The maximum Gasteiger partial charge on any atom is 0.303 e. The molecular formula is C29H44N2O4. The first-order valence-corrected chi connectivity index (χ1v) is 13.3. The zero-order valence-electron chi connectivity index (χ0n) is 22.4. The van der Waals surface area contributed by atoms with Crippen molar-refractivity contribution in [3.63, 3.8) is 0 Å². The summed E-state index contributed by atoms with van der Waals surface area (Å²) in [5, 5.41) is 11.9. The number of nitrogens with zero attached hydrogens (tertiary/aromatic N) is 2. The van der Waals surface area contributed by atoms with E-state index in [4.69, 9.17) is 9.47 Å². The third-order valence-electron chi connectivity index (χ3n) is 8.92. The number of piperazine rings is 1. The summed E-state index contributed by atoms with van der Waals surface area (Å²) in [6, 6.07) is 6.39. The molecule has 6 heteroatoms. The van der Waals surface area contributed by atoms with Crippen molar-refractivity contribution in [2.24, 2.45) is 23.7 Å². The van der Waals surface area contributed by atoms with Gasteiger partial charge in [-0.2, -0.15) is 0 Å². The number of carbonyl (C=O) groups excluding carboxylic acids is 1. The van der Waals surface area contributed by atoms with Crippen molar-refractivity contribution in [3.8, 4) is 5.75 Å². The van der Waals surface area contributed by atoms with Crippen molar-refractivity contribution in [1.82, 2.24) is 4.90 Å². The van der Waals surface area contributed by atoms with Gasteiger partial charge in [-0.3, -0.25) is 9.69 Å². The van der Waals surface area contributed by atoms with Gasteiger partial charge < -0.3 is 19.5 Å². The fourth-order valence-corrected chi connectivity index (χ4v) is 6.76. The van der Waals surface area contributed by atoms with E-state index in [1.807, 2.05) is 6.92 Å². The van der Waals surface area contributed by atoms with Crippen LogP contribution in [0, 0.1) is 30.6 Å². The van der Waals surface area contributed by atoms with Crippen molar-refractivity contribution in [2.45, 2.75) is 65.6 Å². The number of aryl methyl sites for hydroxylation is 1. The smallest absolute Gasteiger partial charge is 0.303 e. The molecule has 0 spiro atoms. The van der Waals surface area contributed by atoms with E-state index in [0.717, 1.165) is 56.9 Å². The minimum atomic E-state index is -0.808. The summed E-state index contributed by atoms with van der Waals surface area (Å²) in [6.45, 7) is 15.2. The van der Waals surface area contributed by atoms with Crippen LogP contribution in [-0.2, 0) is 9.53 Å². The van der Waals surface area contributed by atoms with E-state index in [1.54, 1.807) is 7.11 Å². The minimum absolute atomic E-state index is 0.117. The molecule has 6 nitrogen and oxygen atoms in total. The molecular weight excluding hydrogens is 440 g/mol. The Labute approximate surface area is 211 Å². The quantitative estimate of drug-likeness (QED) is 0.476. The number of carbonyl (C=O) groups is 1. The minimum Gasteiger partial charge on any atom is -0.495 e. The average molecular weight is 485 g/mol. The zero-order chi connectivity index (χ0) is 25.3. The second-order valence-electron chi connectivity index (χ2n) is 11.3. The Kier molecular flexibility index (Phi) is 7.82. The van der Waals surface area contributed by atoms with E-state index in [1.165, 1.54) is 18.2 Å². The molecule has 1 aliphatic heterocycles. The molecule has 194 valence electrons. The number of hydrogen-bond acceptors (Lipinski definition) is 6. The van der Waals surface area contributed by atoms with E-state index in [9.17, 15) is 9.90 Å². The van der Waals surface area contributed by atoms with E-state index >= 15 is 0 Å². The van der Waals surface area contributed by atoms with Crippen LogP contribution in [0.3, 0.4) is 0 Å². The first kappa shape index (κ1) is 26.0. The monoisotopic (exact) mass is 484 g/mol. The summed E-state index contributed by atoms with van der Waals surface area (Å²) >= 11 is 0. The summed E-state index contributed by atoms with van der Waals surface area (Å²) in [5.41, 5.74) is 2.72. The molecule has 1 aromatic carbocycles. The third kappa shape index (κ3) is 5.39. The van der Waals surface area contributed by atoms with Crippen molar-refractivity contribution in [1.29, 1.82) is 0 Å². The van der Waals surface area contributed by atoms with Crippen LogP contribution in [0.2, 0.25) is 0 Å². The topological polar surface area (TPSA) is 62.2 Å². The predicted octanol–water partition coefficient (Wildman–Crippen LogP) is 4.44. The summed E-state index contributed by atoms with van der Waals surface area (Å²) in [5.74, 6) is 1.89. The number of esters is 1. The number of hydrogen-bond donors (Lipinski definition) is 1. The molecule has 1 saturated heterocycles. The van der Waals surface area contributed by atoms with Gasteiger partial charge in [0.2, 0.25) is 0 Å². The van der Waals surface area contributed by atoms with Gasteiger partial charge in [-0.15, -0.1) is 0 Å². The highest BCUT2D eigenvalue weighted by Crippen LogP contribution is 2.51. The fourth-order valence-electron chi connectivity index (χ4n) is 6.76. The lowest BCUT2D eigenvalue weighted by Gasteiger charge is -2.53. The first-order valence-electron chi connectivity index (χ1n) is 13.3. The molecule has 2 aliphatic carbocycles. The van der Waals surface area contributed by atoms with Gasteiger partial charge in [-0.1, -0.05) is 26.0 Å². The van der Waals surface area contributed by atoms with E-state index in [-0.39, 0.29) is 23.9 Å². The molecule has 0 unspecified atom stereocenters. The Bertz CT molecular complexity index is 939. The van der Waals surface area contributed by atoms with Gasteiger partial charge in [0.1, 0.15) is 11.9 Å². The van der Waals surface area contributed by atoms with E-state index in [0.29, 0.717) is 18.3 Å². The number of aliphatic hydroxyl groups is 1. The molecule has 1 saturated carbocycles. The Hall–Kier alpha value is -2.05. The zero-order valence-corrected chi connectivity index (χ0v) is 22.4. The first-order chi connectivity index (χ1) is 16.6. The number of ether oxygens (including phenoxy) is 2. The van der Waals surface area contributed by atoms with Crippen LogP contribution >= 0.6 is 0 Å². The predicted molar refractivity (Wildman–Crippen MR) is 140 cm³/mol. The Morgan fingerprint density at radius 2 is 1.91 bits per heavy atom. The molecule has 2 fully saturated rings. The largest absolute Gasteiger partial charge is 0.495 e. The number of rotatable bonds is 6. The van der Waals surface area contributed by atoms with Gasteiger partial charge in [0, 0.05) is 52.0 Å². The molecule has 6 atom stereocenters. The van der Waals surface area contributed by atoms with Crippen molar-refractivity contribution in [3.05, 3.63) is 35.4 Å². The highest BCUT2D eigenvalue weighted by atomic mass is 16.5. The lowest BCUT2D eigenvalue weighted by atomic mass is 9.57. The highest BCUT2D eigenvalue weighted by molar-refractivity contribution is 5.66. The third-order valence-corrected chi connectivity index (χ3v) is 8.92. The summed E-state index contributed by atoms with van der Waals surface area (Å²) in [6.07, 6.45) is 4.59. The molecule has 0 aromatic heterocycles. The molecule has 35 heavy (non-hydrogen) atoms. The Balaban J connectivity index is 1.41. The van der Waals surface area contributed by atoms with Gasteiger partial charge in [-0.25, -0.2) is 0 Å². The molecule has 4 rings (SSSR count). The molecule has 0 bridgehead atoms. The molecule has 1 N–H and O–H groups in total. The van der Waals surface area contributed by atoms with Crippen molar-refractivity contribution < 1.29 is 19.4 Å². The highest BCUT2D eigenvalue weighted by Gasteiger charge is 2.52. The second kappa shape index (κ2) is 10.5. The van der Waals surface area contributed by atoms with Crippen LogP contribution in [0.25, 0.3) is 0 Å².